The number of benzene rings is 2. The Morgan fingerprint density at radius 2 is 1.84 bits per heavy atom. The molecule has 0 bridgehead atoms. The lowest BCUT2D eigenvalue weighted by Crippen LogP contribution is -2.12. The quantitative estimate of drug-likeness (QED) is 0.125. The Labute approximate surface area is 257 Å². The van der Waals surface area contributed by atoms with E-state index in [4.69, 9.17) is 33.4 Å². The van der Waals surface area contributed by atoms with Crippen molar-refractivity contribution in [2.75, 3.05) is 27.6 Å². The largest absolute Gasteiger partial charge is 0.497 e. The standard InChI is InChI=1S/C34H37N3O7/c1-5-7-11-33-36-20-26(37(33)28-13-12-27(39-3)18-30(28)42-21-25-10-8-9-14-35-25)16-24(34(38)41-6-2)15-23-17-31-32(44-22-43-31)19-29(23)40-4/h8-10,12-14,16-20H,5-7,11,15,21-22H2,1-4H3. The molecule has 10 heteroatoms. The number of hydrogen-bond acceptors (Lipinski definition) is 9. The van der Waals surface area contributed by atoms with Crippen LogP contribution in [0.15, 0.2) is 66.5 Å². The molecule has 0 amide bonds. The maximum Gasteiger partial charge on any atom is 0.334 e. The van der Waals surface area contributed by atoms with Gasteiger partial charge in [0.05, 0.1) is 44.1 Å². The van der Waals surface area contributed by atoms with Crippen LogP contribution in [0.4, 0.5) is 0 Å². The molecule has 10 nitrogen and oxygen atoms in total. The number of aryl methyl sites for hydroxylation is 1. The number of carbonyl (C=O) groups is 1. The van der Waals surface area contributed by atoms with Crippen LogP contribution in [0.1, 0.15) is 49.5 Å². The van der Waals surface area contributed by atoms with E-state index in [1.165, 1.54) is 0 Å². The Bertz CT molecular complexity index is 1610. The number of nitrogens with zero attached hydrogens (tertiary/aromatic N) is 3. The normalized spacial score (nSPS) is 12.2. The van der Waals surface area contributed by atoms with Gasteiger partial charge in [0, 0.05) is 42.3 Å². The molecule has 230 valence electrons. The second kappa shape index (κ2) is 14.5. The van der Waals surface area contributed by atoms with E-state index in [0.29, 0.717) is 40.0 Å². The number of pyridine rings is 1. The van der Waals surface area contributed by atoms with Gasteiger partial charge in [-0.1, -0.05) is 19.4 Å². The molecule has 0 atom stereocenters. The van der Waals surface area contributed by atoms with Crippen molar-refractivity contribution < 1.29 is 33.2 Å². The molecule has 2 aromatic carbocycles. The first kappa shape index (κ1) is 30.5. The zero-order valence-corrected chi connectivity index (χ0v) is 25.5. The number of aromatic nitrogens is 3. The molecule has 5 rings (SSSR count). The van der Waals surface area contributed by atoms with E-state index >= 15 is 0 Å². The van der Waals surface area contributed by atoms with Crippen LogP contribution < -0.4 is 23.7 Å². The van der Waals surface area contributed by atoms with Crippen LogP contribution in [-0.2, 0) is 29.0 Å². The molecule has 0 fully saturated rings. The van der Waals surface area contributed by atoms with Crippen molar-refractivity contribution in [1.29, 1.82) is 0 Å². The highest BCUT2D eigenvalue weighted by Crippen LogP contribution is 2.39. The maximum absolute atomic E-state index is 13.4. The van der Waals surface area contributed by atoms with Gasteiger partial charge in [-0.2, -0.15) is 0 Å². The molecule has 0 saturated heterocycles. The van der Waals surface area contributed by atoms with Crippen molar-refractivity contribution in [2.24, 2.45) is 0 Å². The van der Waals surface area contributed by atoms with Gasteiger partial charge in [0.25, 0.3) is 0 Å². The lowest BCUT2D eigenvalue weighted by atomic mass is 10.0. The first-order valence-electron chi connectivity index (χ1n) is 14.7. The number of hydrogen-bond donors (Lipinski definition) is 0. The van der Waals surface area contributed by atoms with Crippen LogP contribution in [0.5, 0.6) is 28.7 Å². The first-order chi connectivity index (χ1) is 21.5. The molecule has 4 aromatic rings. The van der Waals surface area contributed by atoms with Gasteiger partial charge in [0.15, 0.2) is 11.5 Å². The van der Waals surface area contributed by atoms with E-state index < -0.39 is 5.97 Å². The molecule has 3 heterocycles. The molecular weight excluding hydrogens is 562 g/mol. The fraction of sp³-hybridized carbons (Fsp3) is 0.324. The summed E-state index contributed by atoms with van der Waals surface area (Å²) in [6.07, 6.45) is 8.24. The summed E-state index contributed by atoms with van der Waals surface area (Å²) in [6.45, 7) is 4.56. The lowest BCUT2D eigenvalue weighted by Gasteiger charge is -2.17. The highest BCUT2D eigenvalue weighted by atomic mass is 16.7. The molecule has 0 spiro atoms. The Balaban J connectivity index is 1.60. The predicted octanol–water partition coefficient (Wildman–Crippen LogP) is 6.12. The van der Waals surface area contributed by atoms with Crippen molar-refractivity contribution in [3.8, 4) is 34.4 Å². The third-order valence-corrected chi connectivity index (χ3v) is 7.14. The minimum atomic E-state index is -0.434. The van der Waals surface area contributed by atoms with Crippen molar-refractivity contribution >= 4 is 12.0 Å². The number of ether oxygens (including phenoxy) is 6. The van der Waals surface area contributed by atoms with Gasteiger partial charge >= 0.3 is 5.97 Å². The monoisotopic (exact) mass is 599 g/mol. The average Bonchev–Trinajstić information content (AvgIpc) is 3.68. The van der Waals surface area contributed by atoms with Crippen LogP contribution in [-0.4, -0.2) is 48.1 Å². The van der Waals surface area contributed by atoms with Crippen LogP contribution in [0.25, 0.3) is 11.8 Å². The second-order valence-corrected chi connectivity index (χ2v) is 10.1. The molecule has 1 aliphatic rings. The SMILES string of the molecule is CCCCc1ncc(C=C(Cc2cc3c(cc2OC)OCO3)C(=O)OCC)n1-c1ccc(OC)cc1OCc1ccccn1. The summed E-state index contributed by atoms with van der Waals surface area (Å²) >= 11 is 0. The number of unbranched alkanes of at least 4 members (excludes halogenated alkanes) is 1. The van der Waals surface area contributed by atoms with Crippen LogP contribution in [0.3, 0.4) is 0 Å². The van der Waals surface area contributed by atoms with Crippen LogP contribution in [0.2, 0.25) is 0 Å². The Morgan fingerprint density at radius 3 is 2.57 bits per heavy atom. The number of fused-ring (bicyclic) bond motifs is 1. The van der Waals surface area contributed by atoms with E-state index in [1.807, 2.05) is 53.1 Å². The molecule has 0 radical (unpaired) electrons. The Kier molecular flexibility index (Phi) is 10.0. The van der Waals surface area contributed by atoms with E-state index in [1.54, 1.807) is 39.6 Å². The van der Waals surface area contributed by atoms with Gasteiger partial charge < -0.3 is 28.4 Å². The molecule has 2 aromatic heterocycles. The van der Waals surface area contributed by atoms with Crippen LogP contribution >= 0.6 is 0 Å². The van der Waals surface area contributed by atoms with Gasteiger partial charge in [0.2, 0.25) is 6.79 Å². The van der Waals surface area contributed by atoms with Crippen molar-refractivity contribution in [2.45, 2.75) is 46.1 Å². The molecule has 0 saturated carbocycles. The molecule has 1 aliphatic heterocycles. The fourth-order valence-corrected chi connectivity index (χ4v) is 4.94. The summed E-state index contributed by atoms with van der Waals surface area (Å²) in [4.78, 5) is 22.5. The average molecular weight is 600 g/mol. The molecule has 0 unspecified atom stereocenters. The van der Waals surface area contributed by atoms with E-state index in [-0.39, 0.29) is 26.4 Å². The summed E-state index contributed by atoms with van der Waals surface area (Å²) in [7, 11) is 3.20. The summed E-state index contributed by atoms with van der Waals surface area (Å²) in [6, 6.07) is 15.0. The van der Waals surface area contributed by atoms with Gasteiger partial charge in [-0.15, -0.1) is 0 Å². The summed E-state index contributed by atoms with van der Waals surface area (Å²) in [5.41, 5.74) is 3.45. The van der Waals surface area contributed by atoms with E-state index in [2.05, 4.69) is 11.9 Å². The first-order valence-corrected chi connectivity index (χ1v) is 14.7. The zero-order valence-electron chi connectivity index (χ0n) is 25.5. The highest BCUT2D eigenvalue weighted by molar-refractivity contribution is 5.94. The Hall–Kier alpha value is -4.99. The zero-order chi connectivity index (χ0) is 30.9. The van der Waals surface area contributed by atoms with Gasteiger partial charge in [0.1, 0.15) is 29.7 Å². The predicted molar refractivity (Wildman–Crippen MR) is 165 cm³/mol. The Morgan fingerprint density at radius 1 is 1.00 bits per heavy atom. The molecule has 44 heavy (non-hydrogen) atoms. The second-order valence-electron chi connectivity index (χ2n) is 10.1. The van der Waals surface area contributed by atoms with Gasteiger partial charge in [-0.05, 0) is 49.8 Å². The number of carbonyl (C=O) groups excluding carboxylic acids is 1. The lowest BCUT2D eigenvalue weighted by molar-refractivity contribution is -0.138. The van der Waals surface area contributed by atoms with E-state index in [0.717, 1.165) is 42.0 Å². The molecule has 0 aliphatic carbocycles. The topological polar surface area (TPSA) is 103 Å². The van der Waals surface area contributed by atoms with Crippen molar-refractivity contribution in [3.05, 3.63) is 89.3 Å². The smallest absolute Gasteiger partial charge is 0.334 e. The van der Waals surface area contributed by atoms with Gasteiger partial charge in [-0.3, -0.25) is 9.55 Å². The summed E-state index contributed by atoms with van der Waals surface area (Å²) in [5.74, 6) is 3.44. The third kappa shape index (κ3) is 6.96. The summed E-state index contributed by atoms with van der Waals surface area (Å²) in [5, 5.41) is 0. The van der Waals surface area contributed by atoms with Gasteiger partial charge in [-0.25, -0.2) is 9.78 Å². The number of rotatable bonds is 14. The minimum absolute atomic E-state index is 0.134. The maximum atomic E-state index is 13.4. The number of methoxy groups -OCH3 is 2. The van der Waals surface area contributed by atoms with Crippen molar-refractivity contribution in [1.82, 2.24) is 14.5 Å². The number of esters is 1. The summed E-state index contributed by atoms with van der Waals surface area (Å²) < 4.78 is 36.1. The van der Waals surface area contributed by atoms with Crippen LogP contribution in [0, 0.1) is 0 Å². The third-order valence-electron chi connectivity index (χ3n) is 7.14. The molecular formula is C34H37N3O7. The van der Waals surface area contributed by atoms with E-state index in [9.17, 15) is 4.79 Å². The van der Waals surface area contributed by atoms with Crippen molar-refractivity contribution in [3.63, 3.8) is 0 Å². The molecule has 0 N–H and O–H groups in total. The highest BCUT2D eigenvalue weighted by Gasteiger charge is 2.23. The number of imidazole rings is 1. The minimum Gasteiger partial charge on any atom is -0.497 e. The fourth-order valence-electron chi connectivity index (χ4n) is 4.94.